The molecule has 0 bridgehead atoms. The summed E-state index contributed by atoms with van der Waals surface area (Å²) in [6.07, 6.45) is 1.36. The van der Waals surface area contributed by atoms with Gasteiger partial charge in [0.25, 0.3) is 5.95 Å². The number of halogens is 1. The molecule has 3 N–H and O–H groups in total. The molecule has 7 nitrogen and oxygen atoms in total. The molecule has 2 aromatic rings. The van der Waals surface area contributed by atoms with Crippen molar-refractivity contribution in [3.05, 3.63) is 28.8 Å². The van der Waals surface area contributed by atoms with E-state index in [-0.39, 0.29) is 11.7 Å². The Morgan fingerprint density at radius 2 is 2.31 bits per heavy atom. The number of nitrogens with zero attached hydrogens (tertiary/aromatic N) is 5. The van der Waals surface area contributed by atoms with Gasteiger partial charge in [0.15, 0.2) is 0 Å². The first-order chi connectivity index (χ1) is 7.66. The first-order valence-electron chi connectivity index (χ1n) is 4.23. The highest BCUT2D eigenvalue weighted by atomic mass is 35.5. The second-order valence-corrected chi connectivity index (χ2v) is 3.31. The quantitative estimate of drug-likeness (QED) is 0.742. The van der Waals surface area contributed by atoms with E-state index < -0.39 is 0 Å². The molecule has 1 heterocycles. The summed E-state index contributed by atoms with van der Waals surface area (Å²) in [4.78, 5) is 1.03. The normalized spacial score (nSPS) is 11.1. The minimum atomic E-state index is 0.0535. The number of phenolic OH excluding ortho intramolecular Hbond substituents is 1. The first-order valence-corrected chi connectivity index (χ1v) is 4.61. The van der Waals surface area contributed by atoms with Gasteiger partial charge in [-0.2, -0.15) is 5.10 Å². The lowest BCUT2D eigenvalue weighted by molar-refractivity contribution is 0.474. The van der Waals surface area contributed by atoms with Gasteiger partial charge in [-0.25, -0.2) is 0 Å². The van der Waals surface area contributed by atoms with Crippen molar-refractivity contribution in [3.63, 3.8) is 0 Å². The fraction of sp³-hybridized carbons (Fsp3) is 0. The molecule has 16 heavy (non-hydrogen) atoms. The number of aromatic nitrogens is 4. The summed E-state index contributed by atoms with van der Waals surface area (Å²) in [5.74, 6) is 0.109. The van der Waals surface area contributed by atoms with Crippen LogP contribution in [0, 0.1) is 0 Å². The zero-order valence-corrected chi connectivity index (χ0v) is 8.70. The van der Waals surface area contributed by atoms with E-state index in [4.69, 9.17) is 17.3 Å². The number of benzene rings is 1. The molecule has 0 aliphatic rings. The lowest BCUT2D eigenvalue weighted by atomic mass is 10.2. The summed E-state index contributed by atoms with van der Waals surface area (Å²) >= 11 is 5.76. The fourth-order valence-corrected chi connectivity index (χ4v) is 1.20. The Labute approximate surface area is 95.1 Å². The number of tetrazole rings is 1. The van der Waals surface area contributed by atoms with Gasteiger partial charge in [-0.1, -0.05) is 21.5 Å². The zero-order valence-electron chi connectivity index (χ0n) is 7.95. The average Bonchev–Trinajstić information content (AvgIpc) is 2.66. The van der Waals surface area contributed by atoms with Crippen molar-refractivity contribution in [1.29, 1.82) is 0 Å². The highest BCUT2D eigenvalue weighted by Crippen LogP contribution is 2.19. The van der Waals surface area contributed by atoms with Crippen molar-refractivity contribution in [2.45, 2.75) is 0 Å². The Morgan fingerprint density at radius 3 is 3.00 bits per heavy atom. The number of rotatable bonds is 2. The van der Waals surface area contributed by atoms with Gasteiger partial charge in [-0.05, 0) is 28.6 Å². The third kappa shape index (κ3) is 2.09. The lowest BCUT2D eigenvalue weighted by Gasteiger charge is -1.98. The third-order valence-corrected chi connectivity index (χ3v) is 2.01. The predicted molar refractivity (Wildman–Crippen MR) is 58.3 cm³/mol. The molecule has 0 fully saturated rings. The molecule has 0 aliphatic carbocycles. The van der Waals surface area contributed by atoms with Gasteiger partial charge in [-0.3, -0.25) is 0 Å². The van der Waals surface area contributed by atoms with Crippen LogP contribution in [-0.2, 0) is 0 Å². The molecular weight excluding hydrogens is 232 g/mol. The number of nitrogens with two attached hydrogens (primary N) is 1. The Balaban J connectivity index is 2.30. The van der Waals surface area contributed by atoms with Crippen LogP contribution in [0.1, 0.15) is 5.56 Å². The molecule has 0 aliphatic heterocycles. The topological polar surface area (TPSA) is 102 Å². The van der Waals surface area contributed by atoms with Gasteiger partial charge in [0.05, 0.1) is 6.21 Å². The summed E-state index contributed by atoms with van der Waals surface area (Å²) in [7, 11) is 0. The summed E-state index contributed by atoms with van der Waals surface area (Å²) < 4.78 is 0. The molecule has 0 atom stereocenters. The highest BCUT2D eigenvalue weighted by molar-refractivity contribution is 6.30. The van der Waals surface area contributed by atoms with Crippen molar-refractivity contribution in [2.75, 3.05) is 5.73 Å². The summed E-state index contributed by atoms with van der Waals surface area (Å²) in [6, 6.07) is 4.59. The first kappa shape index (κ1) is 10.4. The van der Waals surface area contributed by atoms with Crippen LogP contribution in [0.3, 0.4) is 0 Å². The van der Waals surface area contributed by atoms with Gasteiger partial charge >= 0.3 is 0 Å². The molecule has 1 aromatic carbocycles. The molecule has 0 amide bonds. The summed E-state index contributed by atoms with van der Waals surface area (Å²) in [5.41, 5.74) is 5.84. The van der Waals surface area contributed by atoms with Crippen molar-refractivity contribution in [3.8, 4) is 5.75 Å². The minimum absolute atomic E-state index is 0.0535. The lowest BCUT2D eigenvalue weighted by Crippen LogP contribution is -1.99. The van der Waals surface area contributed by atoms with E-state index in [1.807, 2.05) is 0 Å². The summed E-state index contributed by atoms with van der Waals surface area (Å²) in [6.45, 7) is 0. The second-order valence-electron chi connectivity index (χ2n) is 2.87. The molecule has 82 valence electrons. The van der Waals surface area contributed by atoms with E-state index in [1.54, 1.807) is 12.1 Å². The standard InChI is InChI=1S/C8H7ClN6O/c9-6-1-2-7(16)5(3-6)4-11-15-8(10)12-13-14-15/h1-4,16H,(H2,10,12,14)/b11-4+. The number of anilines is 1. The van der Waals surface area contributed by atoms with Crippen LogP contribution in [0.4, 0.5) is 5.95 Å². The van der Waals surface area contributed by atoms with E-state index in [2.05, 4.69) is 20.6 Å². The molecule has 0 unspecified atom stereocenters. The number of nitrogen functional groups attached to an aromatic ring is 1. The monoisotopic (exact) mass is 238 g/mol. The van der Waals surface area contributed by atoms with Crippen molar-refractivity contribution >= 4 is 23.8 Å². The Bertz CT molecular complexity index is 537. The number of aromatic hydroxyl groups is 1. The van der Waals surface area contributed by atoms with E-state index in [9.17, 15) is 5.11 Å². The van der Waals surface area contributed by atoms with Gasteiger partial charge in [-0.15, -0.1) is 0 Å². The van der Waals surface area contributed by atoms with Crippen LogP contribution < -0.4 is 5.73 Å². The van der Waals surface area contributed by atoms with Crippen molar-refractivity contribution in [1.82, 2.24) is 20.3 Å². The van der Waals surface area contributed by atoms with E-state index in [0.717, 1.165) is 4.79 Å². The van der Waals surface area contributed by atoms with E-state index in [1.165, 1.54) is 12.3 Å². The van der Waals surface area contributed by atoms with Crippen molar-refractivity contribution < 1.29 is 5.11 Å². The highest BCUT2D eigenvalue weighted by Gasteiger charge is 2.00. The molecule has 0 radical (unpaired) electrons. The number of phenols is 1. The Kier molecular flexibility index (Phi) is 2.69. The van der Waals surface area contributed by atoms with Crippen LogP contribution in [0.5, 0.6) is 5.75 Å². The fourth-order valence-electron chi connectivity index (χ4n) is 1.02. The molecule has 1 aromatic heterocycles. The Hall–Kier alpha value is -2.15. The third-order valence-electron chi connectivity index (χ3n) is 1.77. The SMILES string of the molecule is Nc1nnnn1/N=C/c1cc(Cl)ccc1O. The zero-order chi connectivity index (χ0) is 11.5. The molecular formula is C8H7ClN6O. The van der Waals surface area contributed by atoms with Crippen LogP contribution in [0.25, 0.3) is 0 Å². The number of hydrogen-bond acceptors (Lipinski definition) is 6. The minimum Gasteiger partial charge on any atom is -0.507 e. The molecule has 0 saturated heterocycles. The van der Waals surface area contributed by atoms with Gasteiger partial charge in [0.1, 0.15) is 5.75 Å². The van der Waals surface area contributed by atoms with Crippen LogP contribution >= 0.6 is 11.6 Å². The van der Waals surface area contributed by atoms with Crippen LogP contribution in [0.15, 0.2) is 23.3 Å². The smallest absolute Gasteiger partial charge is 0.263 e. The van der Waals surface area contributed by atoms with Gasteiger partial charge in [0, 0.05) is 10.6 Å². The molecule has 0 saturated carbocycles. The second kappa shape index (κ2) is 4.15. The van der Waals surface area contributed by atoms with Crippen molar-refractivity contribution in [2.24, 2.45) is 5.10 Å². The maximum atomic E-state index is 9.49. The maximum absolute atomic E-state index is 9.49. The van der Waals surface area contributed by atoms with Gasteiger partial charge in [0.2, 0.25) is 0 Å². The number of hydrogen-bond donors (Lipinski definition) is 2. The predicted octanol–water partition coefficient (Wildman–Crippen LogP) is 0.496. The van der Waals surface area contributed by atoms with Crippen LogP contribution in [0.2, 0.25) is 5.02 Å². The van der Waals surface area contributed by atoms with Gasteiger partial charge < -0.3 is 10.8 Å². The molecule has 0 spiro atoms. The van der Waals surface area contributed by atoms with E-state index in [0.29, 0.717) is 10.6 Å². The average molecular weight is 239 g/mol. The largest absolute Gasteiger partial charge is 0.507 e. The molecule has 2 rings (SSSR count). The summed E-state index contributed by atoms with van der Waals surface area (Å²) in [5, 5.41) is 24.1. The Morgan fingerprint density at radius 1 is 1.50 bits per heavy atom. The molecule has 8 heteroatoms. The maximum Gasteiger partial charge on any atom is 0.263 e. The van der Waals surface area contributed by atoms with Crippen LogP contribution in [-0.4, -0.2) is 31.6 Å². The van der Waals surface area contributed by atoms with E-state index >= 15 is 0 Å².